The van der Waals surface area contributed by atoms with Crippen molar-refractivity contribution in [3.8, 4) is 22.6 Å². The average Bonchev–Trinajstić information content (AvgIpc) is 2.90. The van der Waals surface area contributed by atoms with E-state index in [9.17, 15) is 19.5 Å². The third-order valence-corrected chi connectivity index (χ3v) is 6.38. The molecule has 3 aromatic rings. The number of nitrogens with zero attached hydrogens (tertiary/aromatic N) is 2. The van der Waals surface area contributed by atoms with Crippen molar-refractivity contribution in [1.29, 1.82) is 0 Å². The first-order valence-electron chi connectivity index (χ1n) is 11.8. The topological polar surface area (TPSA) is 133 Å². The van der Waals surface area contributed by atoms with Crippen LogP contribution in [0.2, 0.25) is 0 Å². The van der Waals surface area contributed by atoms with E-state index in [0.29, 0.717) is 17.7 Å². The van der Waals surface area contributed by atoms with Crippen LogP contribution in [0.5, 0.6) is 11.5 Å². The van der Waals surface area contributed by atoms with Gasteiger partial charge >= 0.3 is 5.97 Å². The van der Waals surface area contributed by atoms with Gasteiger partial charge in [-0.25, -0.2) is 9.18 Å². The van der Waals surface area contributed by atoms with Gasteiger partial charge in [0.1, 0.15) is 22.8 Å². The highest BCUT2D eigenvalue weighted by atomic mass is 19.1. The van der Waals surface area contributed by atoms with Crippen molar-refractivity contribution >= 4 is 22.8 Å². The van der Waals surface area contributed by atoms with Crippen molar-refractivity contribution in [1.82, 2.24) is 9.47 Å². The van der Waals surface area contributed by atoms with Crippen LogP contribution in [0.15, 0.2) is 47.4 Å². The molecule has 1 aliphatic heterocycles. The number of benzene rings is 2. The number of aromatic nitrogens is 1. The molecular formula is C26H28FN3O7. The SMILES string of the molecule is CCCOc1ccc(F)c2c(=O)c(-c3ccc(OC)cc3)cn(C(C(N)=O)(C(=O)O)N3CCOCC3)c12. The number of halogens is 1. The van der Waals surface area contributed by atoms with E-state index < -0.39 is 34.2 Å². The molecule has 11 heteroatoms. The van der Waals surface area contributed by atoms with Gasteiger partial charge in [-0.05, 0) is 36.2 Å². The van der Waals surface area contributed by atoms with Crippen molar-refractivity contribution in [2.24, 2.45) is 5.73 Å². The number of rotatable bonds is 9. The molecule has 2 aromatic carbocycles. The maximum atomic E-state index is 15.4. The summed E-state index contributed by atoms with van der Waals surface area (Å²) in [6.45, 7) is 2.49. The van der Waals surface area contributed by atoms with Crippen LogP contribution in [-0.2, 0) is 20.0 Å². The first-order valence-corrected chi connectivity index (χ1v) is 11.8. The van der Waals surface area contributed by atoms with E-state index in [1.54, 1.807) is 24.3 Å². The summed E-state index contributed by atoms with van der Waals surface area (Å²) in [6, 6.07) is 8.79. The first kappa shape index (κ1) is 26.1. The lowest BCUT2D eigenvalue weighted by Gasteiger charge is -2.42. The third-order valence-electron chi connectivity index (χ3n) is 6.38. The fourth-order valence-corrected chi connectivity index (χ4v) is 4.61. The van der Waals surface area contributed by atoms with Gasteiger partial charge in [-0.1, -0.05) is 19.1 Å². The molecule has 2 heterocycles. The number of ether oxygens (including phenoxy) is 3. The Morgan fingerprint density at radius 3 is 2.41 bits per heavy atom. The molecule has 196 valence electrons. The van der Waals surface area contributed by atoms with E-state index in [0.717, 1.165) is 10.6 Å². The van der Waals surface area contributed by atoms with Crippen molar-refractivity contribution in [3.05, 3.63) is 58.6 Å². The standard InChI is InChI=1S/C26H28FN3O7/c1-3-12-37-20-9-8-19(27)21-22(20)30(15-18(23(21)31)16-4-6-17(35-2)7-5-16)26(24(28)32,25(33)34)29-10-13-36-14-11-29/h4-9,15H,3,10-14H2,1-2H3,(H2,28,32)(H,33,34). The molecule has 1 amide bonds. The van der Waals surface area contributed by atoms with Crippen LogP contribution in [0.4, 0.5) is 4.39 Å². The van der Waals surface area contributed by atoms with Crippen LogP contribution in [0.25, 0.3) is 22.0 Å². The molecule has 0 bridgehead atoms. The van der Waals surface area contributed by atoms with Gasteiger partial charge in [-0.15, -0.1) is 0 Å². The second-order valence-electron chi connectivity index (χ2n) is 8.53. The van der Waals surface area contributed by atoms with Gasteiger partial charge in [-0.3, -0.25) is 14.5 Å². The van der Waals surface area contributed by atoms with Crippen LogP contribution in [0.3, 0.4) is 0 Å². The zero-order valence-corrected chi connectivity index (χ0v) is 20.5. The molecule has 0 saturated carbocycles. The fraction of sp³-hybridized carbons (Fsp3) is 0.346. The molecule has 1 atom stereocenters. The Morgan fingerprint density at radius 2 is 1.84 bits per heavy atom. The first-order chi connectivity index (χ1) is 17.8. The highest BCUT2D eigenvalue weighted by Crippen LogP contribution is 2.36. The predicted octanol–water partition coefficient (Wildman–Crippen LogP) is 2.16. The van der Waals surface area contributed by atoms with Gasteiger partial charge in [-0.2, -0.15) is 0 Å². The number of nitrogens with two attached hydrogens (primary N) is 1. The smallest absolute Gasteiger partial charge is 0.355 e. The zero-order valence-electron chi connectivity index (χ0n) is 20.5. The van der Waals surface area contributed by atoms with E-state index in [4.69, 9.17) is 19.9 Å². The molecule has 4 rings (SSSR count). The van der Waals surface area contributed by atoms with Crippen LogP contribution < -0.4 is 20.6 Å². The van der Waals surface area contributed by atoms with Crippen LogP contribution in [-0.4, -0.2) is 66.5 Å². The molecule has 10 nitrogen and oxygen atoms in total. The summed E-state index contributed by atoms with van der Waals surface area (Å²) in [5, 5.41) is 10.1. The summed E-state index contributed by atoms with van der Waals surface area (Å²) in [6.07, 6.45) is 1.83. The monoisotopic (exact) mass is 513 g/mol. The maximum Gasteiger partial charge on any atom is 0.355 e. The molecule has 1 aliphatic rings. The molecule has 1 fully saturated rings. The molecule has 1 saturated heterocycles. The number of carboxylic acid groups (broad SMARTS) is 1. The highest BCUT2D eigenvalue weighted by molar-refractivity contribution is 6.05. The minimum Gasteiger partial charge on any atom is -0.497 e. The minimum absolute atomic E-state index is 0.0261. The second kappa shape index (κ2) is 10.6. The number of pyridine rings is 1. The number of carboxylic acids is 1. The summed E-state index contributed by atoms with van der Waals surface area (Å²) < 4.78 is 32.8. The highest BCUT2D eigenvalue weighted by Gasteiger charge is 2.53. The summed E-state index contributed by atoms with van der Waals surface area (Å²) in [7, 11) is 1.49. The van der Waals surface area contributed by atoms with E-state index in [1.165, 1.54) is 24.3 Å². The maximum absolute atomic E-state index is 15.4. The van der Waals surface area contributed by atoms with E-state index in [-0.39, 0.29) is 49.7 Å². The quantitative estimate of drug-likeness (QED) is 0.416. The van der Waals surface area contributed by atoms with Gasteiger partial charge < -0.3 is 29.6 Å². The zero-order chi connectivity index (χ0) is 26.7. The number of hydrogen-bond donors (Lipinski definition) is 2. The molecule has 0 radical (unpaired) electrons. The molecular weight excluding hydrogens is 485 g/mol. The normalized spacial score (nSPS) is 15.8. The van der Waals surface area contributed by atoms with Crippen molar-refractivity contribution < 1.29 is 33.3 Å². The summed E-state index contributed by atoms with van der Waals surface area (Å²) in [4.78, 5) is 41.2. The number of carbonyl (C=O) groups excluding carboxylic acids is 1. The van der Waals surface area contributed by atoms with E-state index in [1.807, 2.05) is 6.92 Å². The van der Waals surface area contributed by atoms with Gasteiger partial charge in [0, 0.05) is 24.8 Å². The van der Waals surface area contributed by atoms with E-state index in [2.05, 4.69) is 0 Å². The van der Waals surface area contributed by atoms with Gasteiger partial charge in [0.25, 0.3) is 11.6 Å². The van der Waals surface area contributed by atoms with Crippen LogP contribution >= 0.6 is 0 Å². The number of aliphatic carboxylic acids is 1. The molecule has 1 aromatic heterocycles. The summed E-state index contributed by atoms with van der Waals surface area (Å²) in [5.41, 5.74) is 2.79. The van der Waals surface area contributed by atoms with Crippen molar-refractivity contribution in [2.45, 2.75) is 19.0 Å². The lowest BCUT2D eigenvalue weighted by Crippen LogP contribution is -2.66. The number of hydrogen-bond acceptors (Lipinski definition) is 7. The Bertz CT molecular complexity index is 1370. The predicted molar refractivity (Wildman–Crippen MR) is 133 cm³/mol. The summed E-state index contributed by atoms with van der Waals surface area (Å²) in [5.74, 6) is -3.11. The van der Waals surface area contributed by atoms with Crippen molar-refractivity contribution in [3.63, 3.8) is 0 Å². The number of carbonyl (C=O) groups is 2. The molecule has 0 aliphatic carbocycles. The molecule has 0 spiro atoms. The second-order valence-corrected chi connectivity index (χ2v) is 8.53. The van der Waals surface area contributed by atoms with Gasteiger partial charge in [0.2, 0.25) is 0 Å². The van der Waals surface area contributed by atoms with Gasteiger partial charge in [0.15, 0.2) is 5.43 Å². The summed E-state index contributed by atoms with van der Waals surface area (Å²) >= 11 is 0. The molecule has 37 heavy (non-hydrogen) atoms. The number of morpholine rings is 1. The Kier molecular flexibility index (Phi) is 7.46. The third kappa shape index (κ3) is 4.40. The molecule has 3 N–H and O–H groups in total. The number of fused-ring (bicyclic) bond motifs is 1. The van der Waals surface area contributed by atoms with Crippen LogP contribution in [0, 0.1) is 5.82 Å². The number of primary amides is 1. The molecule has 1 unspecified atom stereocenters. The average molecular weight is 514 g/mol. The Hall–Kier alpha value is -3.96. The fourth-order valence-electron chi connectivity index (χ4n) is 4.61. The largest absolute Gasteiger partial charge is 0.497 e. The Balaban J connectivity index is 2.17. The lowest BCUT2D eigenvalue weighted by molar-refractivity contribution is -0.170. The van der Waals surface area contributed by atoms with E-state index >= 15 is 4.39 Å². The Labute approximate surface area is 211 Å². The van der Waals surface area contributed by atoms with Crippen molar-refractivity contribution in [2.75, 3.05) is 40.0 Å². The number of amides is 1. The Morgan fingerprint density at radius 1 is 1.16 bits per heavy atom. The minimum atomic E-state index is -2.50. The number of methoxy groups -OCH3 is 1. The lowest BCUT2D eigenvalue weighted by atomic mass is 9.99. The van der Waals surface area contributed by atoms with Gasteiger partial charge in [0.05, 0.1) is 32.3 Å². The van der Waals surface area contributed by atoms with Crippen LogP contribution in [0.1, 0.15) is 13.3 Å².